The van der Waals surface area contributed by atoms with Gasteiger partial charge in [-0.15, -0.1) is 0 Å². The van der Waals surface area contributed by atoms with E-state index < -0.39 is 83.3 Å². The van der Waals surface area contributed by atoms with Crippen molar-refractivity contribution in [3.05, 3.63) is 188 Å². The summed E-state index contributed by atoms with van der Waals surface area (Å²) in [6.07, 6.45) is 0. The van der Waals surface area contributed by atoms with E-state index >= 15 is 0 Å². The summed E-state index contributed by atoms with van der Waals surface area (Å²) >= 11 is 0. The molecule has 0 radical (unpaired) electrons. The third-order valence-corrected chi connectivity index (χ3v) is 7.69. The molecule has 8 aromatic carbocycles. The second kappa shape index (κ2) is 11.6. The Morgan fingerprint density at radius 1 is 0.378 bits per heavy atom. The van der Waals surface area contributed by atoms with Crippen LogP contribution in [0.15, 0.2) is 188 Å². The molecule has 0 saturated heterocycles. The van der Waals surface area contributed by atoms with Crippen LogP contribution >= 0.6 is 0 Å². The largest absolute Gasteiger partial charge is 0.310 e. The Hall–Kier alpha value is -5.92. The summed E-state index contributed by atoms with van der Waals surface area (Å²) in [5.41, 5.74) is 0.655. The summed E-state index contributed by atoms with van der Waals surface area (Å²) in [7, 11) is 0. The fourth-order valence-corrected chi connectivity index (χ4v) is 5.49. The SMILES string of the molecule is [2H]c1c([2H])c([2H])c(-c2c([2H])c([2H])c(N(c3ccc(-c4cccc5ccccc45)cc3)c3c([2H])c([2H])c([2H])c(-c4ccc5ccccc5c4)c3[2H])c([2H])c2[2H])c([2H])c1[2H]. The Morgan fingerprint density at radius 2 is 1.04 bits per heavy atom. The average molecular weight is 587 g/mol. The second-order valence-electron chi connectivity index (χ2n) is 10.4. The van der Waals surface area contributed by atoms with E-state index in [0.717, 1.165) is 32.7 Å². The lowest BCUT2D eigenvalue weighted by Crippen LogP contribution is -2.10. The molecule has 0 atom stereocenters. The molecule has 0 saturated carbocycles. The fourth-order valence-electron chi connectivity index (χ4n) is 5.49. The van der Waals surface area contributed by atoms with Crippen molar-refractivity contribution >= 4 is 38.6 Å². The number of nitrogens with zero attached hydrogens (tertiary/aromatic N) is 1. The first-order valence-corrected chi connectivity index (χ1v) is 14.4. The maximum absolute atomic E-state index is 9.62. The van der Waals surface area contributed by atoms with E-state index in [2.05, 4.69) is 0 Å². The Balaban J connectivity index is 1.42. The zero-order valence-corrected chi connectivity index (χ0v) is 23.8. The predicted molar refractivity (Wildman–Crippen MR) is 192 cm³/mol. The van der Waals surface area contributed by atoms with Crippen LogP contribution in [0.1, 0.15) is 17.8 Å². The number of fused-ring (bicyclic) bond motifs is 2. The zero-order chi connectivity index (χ0) is 41.3. The molecule has 0 aliphatic heterocycles. The van der Waals surface area contributed by atoms with Crippen LogP contribution < -0.4 is 4.90 Å². The van der Waals surface area contributed by atoms with E-state index in [4.69, 9.17) is 12.3 Å². The summed E-state index contributed by atoms with van der Waals surface area (Å²) in [4.78, 5) is 1.21. The average Bonchev–Trinajstić information content (AvgIpc) is 3.24. The third kappa shape index (κ3) is 5.26. The van der Waals surface area contributed by atoms with Crippen LogP contribution in [0, 0.1) is 0 Å². The van der Waals surface area contributed by atoms with Crippen LogP contribution in [-0.2, 0) is 0 Å². The van der Waals surface area contributed by atoms with Gasteiger partial charge in [0.25, 0.3) is 0 Å². The minimum Gasteiger partial charge on any atom is -0.310 e. The third-order valence-electron chi connectivity index (χ3n) is 7.69. The first-order valence-electron chi connectivity index (χ1n) is 20.9. The van der Waals surface area contributed by atoms with Crippen LogP contribution in [-0.4, -0.2) is 0 Å². The molecule has 0 spiro atoms. The van der Waals surface area contributed by atoms with Gasteiger partial charge in [0.05, 0.1) is 17.8 Å². The van der Waals surface area contributed by atoms with Crippen molar-refractivity contribution in [2.24, 2.45) is 0 Å². The maximum atomic E-state index is 9.62. The summed E-state index contributed by atoms with van der Waals surface area (Å²) in [5, 5.41) is 3.73. The molecule has 1 heteroatoms. The molecule has 45 heavy (non-hydrogen) atoms. The van der Waals surface area contributed by atoms with E-state index in [1.807, 2.05) is 72.8 Å². The maximum Gasteiger partial charge on any atom is 0.0651 e. The zero-order valence-electron chi connectivity index (χ0n) is 36.8. The number of anilines is 3. The van der Waals surface area contributed by atoms with Gasteiger partial charge in [-0.05, 0) is 97.3 Å². The van der Waals surface area contributed by atoms with Crippen LogP contribution in [0.2, 0.25) is 0 Å². The number of benzene rings is 8. The van der Waals surface area contributed by atoms with Crippen LogP contribution in [0.3, 0.4) is 0 Å². The molecule has 0 unspecified atom stereocenters. The Labute approximate surface area is 282 Å². The van der Waals surface area contributed by atoms with Crippen LogP contribution in [0.25, 0.3) is 54.9 Å². The predicted octanol–water partition coefficient (Wildman–Crippen LogP) is 12.5. The van der Waals surface area contributed by atoms with Gasteiger partial charge in [-0.25, -0.2) is 0 Å². The van der Waals surface area contributed by atoms with Crippen molar-refractivity contribution < 1.29 is 17.8 Å². The topological polar surface area (TPSA) is 3.24 Å². The smallest absolute Gasteiger partial charge is 0.0651 e. The quantitative estimate of drug-likeness (QED) is 0.187. The molecule has 0 amide bonds. The lowest BCUT2D eigenvalue weighted by molar-refractivity contribution is 1.28. The molecular weight excluding hydrogens is 542 g/mol. The lowest BCUT2D eigenvalue weighted by Gasteiger charge is -2.26. The minimum atomic E-state index is -0.720. The molecular formula is C44H31N. The lowest BCUT2D eigenvalue weighted by atomic mass is 9.98. The Morgan fingerprint density at radius 3 is 1.87 bits per heavy atom. The van der Waals surface area contributed by atoms with Crippen molar-refractivity contribution in [2.75, 3.05) is 4.90 Å². The van der Waals surface area contributed by atoms with E-state index in [9.17, 15) is 5.48 Å². The van der Waals surface area contributed by atoms with E-state index in [-0.39, 0.29) is 29.0 Å². The summed E-state index contributed by atoms with van der Waals surface area (Å²) in [5.74, 6) is 0. The standard InChI is InChI=1S/C44H31N/c1-2-10-32(11-3-1)34-22-26-40(27-23-34)45(41-28-24-36(25-29-41)44-19-9-15-35-13-6-7-18-43(35)44)42-17-8-16-38(31-42)39-21-20-33-12-4-5-14-37(33)30-39/h1-31H/i1D,2D,3D,8D,10D,11D,16D,17D,22D,23D,26D,27D,31D. The molecule has 0 aromatic heterocycles. The molecule has 8 aromatic rings. The van der Waals surface area contributed by atoms with Crippen LogP contribution in [0.5, 0.6) is 0 Å². The first kappa shape index (κ1) is 16.2. The summed E-state index contributed by atoms with van der Waals surface area (Å²) < 4.78 is 115. The Kier molecular flexibility index (Phi) is 4.20. The second-order valence-corrected chi connectivity index (χ2v) is 10.4. The molecule has 0 N–H and O–H groups in total. The van der Waals surface area contributed by atoms with Gasteiger partial charge < -0.3 is 4.90 Å². The molecule has 212 valence electrons. The molecule has 1 nitrogen and oxygen atoms in total. The van der Waals surface area contributed by atoms with Gasteiger partial charge in [0.1, 0.15) is 0 Å². The van der Waals surface area contributed by atoms with Gasteiger partial charge in [-0.2, -0.15) is 0 Å². The first-order chi connectivity index (χ1) is 27.7. The Bertz CT molecular complexity index is 2940. The van der Waals surface area contributed by atoms with E-state index in [0.29, 0.717) is 5.56 Å². The number of rotatable bonds is 6. The minimum absolute atomic E-state index is 0.0186. The highest BCUT2D eigenvalue weighted by Crippen LogP contribution is 2.39. The van der Waals surface area contributed by atoms with Gasteiger partial charge in [-0.3, -0.25) is 0 Å². The molecule has 8 rings (SSSR count). The molecule has 0 aliphatic carbocycles. The van der Waals surface area contributed by atoms with E-state index in [1.165, 1.54) is 4.90 Å². The number of hydrogen-bond acceptors (Lipinski definition) is 1. The van der Waals surface area contributed by atoms with Crippen LogP contribution in [0.4, 0.5) is 17.1 Å². The normalized spacial score (nSPS) is 15.2. The van der Waals surface area contributed by atoms with Crippen molar-refractivity contribution in [1.82, 2.24) is 0 Å². The van der Waals surface area contributed by atoms with Crippen molar-refractivity contribution in [3.8, 4) is 33.4 Å². The van der Waals surface area contributed by atoms with Gasteiger partial charge in [0.2, 0.25) is 0 Å². The summed E-state index contributed by atoms with van der Waals surface area (Å²) in [6, 6.07) is 25.4. The van der Waals surface area contributed by atoms with Crippen molar-refractivity contribution in [1.29, 1.82) is 0 Å². The van der Waals surface area contributed by atoms with Gasteiger partial charge in [-0.1, -0.05) is 145 Å². The highest BCUT2D eigenvalue weighted by molar-refractivity contribution is 5.97. The molecule has 0 fully saturated rings. The summed E-state index contributed by atoms with van der Waals surface area (Å²) in [6.45, 7) is 0. The number of hydrogen-bond donors (Lipinski definition) is 0. The monoisotopic (exact) mass is 586 g/mol. The molecule has 0 heterocycles. The van der Waals surface area contributed by atoms with Gasteiger partial charge in [0, 0.05) is 17.1 Å². The van der Waals surface area contributed by atoms with Crippen molar-refractivity contribution in [3.63, 3.8) is 0 Å². The van der Waals surface area contributed by atoms with E-state index in [1.54, 1.807) is 36.4 Å². The van der Waals surface area contributed by atoms with Gasteiger partial charge >= 0.3 is 0 Å². The van der Waals surface area contributed by atoms with Crippen molar-refractivity contribution in [2.45, 2.75) is 0 Å². The molecule has 0 aliphatic rings. The highest BCUT2D eigenvalue weighted by atomic mass is 15.1. The van der Waals surface area contributed by atoms with Gasteiger partial charge in [0.15, 0.2) is 0 Å². The fraction of sp³-hybridized carbons (Fsp3) is 0. The highest BCUT2D eigenvalue weighted by Gasteiger charge is 2.15. The molecule has 0 bridgehead atoms.